The van der Waals surface area contributed by atoms with Crippen LogP contribution in [0, 0.1) is 3.57 Å². The van der Waals surface area contributed by atoms with E-state index >= 15 is 0 Å². The van der Waals surface area contributed by atoms with E-state index in [4.69, 9.17) is 0 Å². The van der Waals surface area contributed by atoms with Crippen LogP contribution in [0.3, 0.4) is 0 Å². The molecule has 0 amide bonds. The second-order valence-corrected chi connectivity index (χ2v) is 4.30. The van der Waals surface area contributed by atoms with Gasteiger partial charge in [0.15, 0.2) is 0 Å². The molecule has 0 aliphatic carbocycles. The first-order valence-corrected chi connectivity index (χ1v) is 5.79. The number of rotatable bonds is 3. The molecule has 17 heavy (non-hydrogen) atoms. The monoisotopic (exact) mass is 359 g/mol. The summed E-state index contributed by atoms with van der Waals surface area (Å²) < 4.78 is 42.3. The van der Waals surface area contributed by atoms with Crippen LogP contribution in [-0.4, -0.2) is 17.6 Å². The standard InChI is InChI=1S/C10H9F3INO2/c1-2-17-9(16)4-6-3-7(10(11,12)13)8(14)5-15-6/h3,5H,2,4H2,1H3. The van der Waals surface area contributed by atoms with E-state index in [-0.39, 0.29) is 22.3 Å². The topological polar surface area (TPSA) is 39.2 Å². The molecular formula is C10H9F3INO2. The Labute approximate surface area is 110 Å². The van der Waals surface area contributed by atoms with Crippen molar-refractivity contribution in [2.24, 2.45) is 0 Å². The van der Waals surface area contributed by atoms with E-state index in [1.54, 1.807) is 29.5 Å². The molecule has 0 spiro atoms. The molecule has 0 unspecified atom stereocenters. The van der Waals surface area contributed by atoms with Crippen molar-refractivity contribution in [2.75, 3.05) is 6.61 Å². The molecular weight excluding hydrogens is 350 g/mol. The third-order valence-corrected chi connectivity index (χ3v) is 2.71. The number of alkyl halides is 3. The maximum Gasteiger partial charge on any atom is 0.417 e. The molecule has 0 bridgehead atoms. The second kappa shape index (κ2) is 5.65. The van der Waals surface area contributed by atoms with Gasteiger partial charge in [-0.1, -0.05) is 0 Å². The lowest BCUT2D eigenvalue weighted by Crippen LogP contribution is -2.12. The van der Waals surface area contributed by atoms with Crippen molar-refractivity contribution in [3.8, 4) is 0 Å². The minimum absolute atomic E-state index is 0.00251. The smallest absolute Gasteiger partial charge is 0.417 e. The van der Waals surface area contributed by atoms with Crippen LogP contribution in [0.4, 0.5) is 13.2 Å². The zero-order chi connectivity index (χ0) is 13.1. The van der Waals surface area contributed by atoms with E-state index in [1.807, 2.05) is 0 Å². The maximum atomic E-state index is 12.6. The predicted molar refractivity (Wildman–Crippen MR) is 62.3 cm³/mol. The molecule has 0 N–H and O–H groups in total. The van der Waals surface area contributed by atoms with E-state index in [1.165, 1.54) is 0 Å². The van der Waals surface area contributed by atoms with Crippen LogP contribution in [0.25, 0.3) is 0 Å². The van der Waals surface area contributed by atoms with E-state index in [0.717, 1.165) is 12.3 Å². The third kappa shape index (κ3) is 4.14. The number of ether oxygens (including phenoxy) is 1. The fourth-order valence-electron chi connectivity index (χ4n) is 1.16. The SMILES string of the molecule is CCOC(=O)Cc1cc(C(F)(F)F)c(I)cn1. The number of nitrogens with zero attached hydrogens (tertiary/aromatic N) is 1. The van der Waals surface area contributed by atoms with E-state index in [2.05, 4.69) is 9.72 Å². The van der Waals surface area contributed by atoms with Crippen LogP contribution in [-0.2, 0) is 22.1 Å². The van der Waals surface area contributed by atoms with Gasteiger partial charge in [-0.2, -0.15) is 13.2 Å². The zero-order valence-corrected chi connectivity index (χ0v) is 11.0. The predicted octanol–water partition coefficient (Wildman–Crippen LogP) is 2.81. The molecule has 94 valence electrons. The summed E-state index contributed by atoms with van der Waals surface area (Å²) in [6, 6.07) is 0.874. The molecule has 1 aromatic rings. The molecule has 0 aliphatic heterocycles. The fourth-order valence-corrected chi connectivity index (χ4v) is 1.76. The van der Waals surface area contributed by atoms with Crippen LogP contribution in [0.2, 0.25) is 0 Å². The van der Waals surface area contributed by atoms with Gasteiger partial charge in [0.1, 0.15) is 0 Å². The first kappa shape index (κ1) is 14.2. The first-order valence-electron chi connectivity index (χ1n) is 4.71. The van der Waals surface area contributed by atoms with Crippen LogP contribution in [0.1, 0.15) is 18.2 Å². The summed E-state index contributed by atoms with van der Waals surface area (Å²) in [6.07, 6.45) is -3.60. The van der Waals surface area contributed by atoms with E-state index in [9.17, 15) is 18.0 Å². The lowest BCUT2D eigenvalue weighted by atomic mass is 10.2. The third-order valence-electron chi connectivity index (χ3n) is 1.85. The Morgan fingerprint density at radius 3 is 2.71 bits per heavy atom. The Morgan fingerprint density at radius 2 is 2.18 bits per heavy atom. The molecule has 1 rings (SSSR count). The molecule has 0 fully saturated rings. The van der Waals surface area contributed by atoms with Crippen molar-refractivity contribution in [1.29, 1.82) is 0 Å². The summed E-state index contributed by atoms with van der Waals surface area (Å²) in [4.78, 5) is 14.9. The second-order valence-electron chi connectivity index (χ2n) is 3.14. The molecule has 7 heteroatoms. The Morgan fingerprint density at radius 1 is 1.53 bits per heavy atom. The van der Waals surface area contributed by atoms with Crippen molar-refractivity contribution in [2.45, 2.75) is 19.5 Å². The number of carbonyl (C=O) groups excluding carboxylic acids is 1. The molecule has 3 nitrogen and oxygen atoms in total. The average molecular weight is 359 g/mol. The molecule has 0 atom stereocenters. The molecule has 0 aliphatic rings. The van der Waals surface area contributed by atoms with Crippen LogP contribution in [0.15, 0.2) is 12.3 Å². The number of esters is 1. The van der Waals surface area contributed by atoms with E-state index in [0.29, 0.717) is 0 Å². The zero-order valence-electron chi connectivity index (χ0n) is 8.84. The Kier molecular flexibility index (Phi) is 4.72. The summed E-state index contributed by atoms with van der Waals surface area (Å²) in [5, 5.41) is 0. The summed E-state index contributed by atoms with van der Waals surface area (Å²) in [5.41, 5.74) is -0.733. The highest BCUT2D eigenvalue weighted by Crippen LogP contribution is 2.32. The summed E-state index contributed by atoms with van der Waals surface area (Å²) in [7, 11) is 0. The minimum Gasteiger partial charge on any atom is -0.466 e. The highest BCUT2D eigenvalue weighted by atomic mass is 127. The summed E-state index contributed by atoms with van der Waals surface area (Å²) in [5.74, 6) is -0.589. The van der Waals surface area contributed by atoms with Gasteiger partial charge in [-0.15, -0.1) is 0 Å². The van der Waals surface area contributed by atoms with Gasteiger partial charge in [0.2, 0.25) is 0 Å². The minimum atomic E-state index is -4.44. The van der Waals surface area contributed by atoms with Gasteiger partial charge >= 0.3 is 12.1 Å². The van der Waals surface area contributed by atoms with Gasteiger partial charge in [-0.25, -0.2) is 0 Å². The Balaban J connectivity index is 2.93. The van der Waals surface area contributed by atoms with Gasteiger partial charge in [-0.05, 0) is 35.6 Å². The number of halogens is 4. The quantitative estimate of drug-likeness (QED) is 0.616. The lowest BCUT2D eigenvalue weighted by molar-refractivity contribution is -0.143. The van der Waals surface area contributed by atoms with Gasteiger partial charge in [-0.3, -0.25) is 9.78 Å². The van der Waals surface area contributed by atoms with Crippen LogP contribution in [0.5, 0.6) is 0 Å². The molecule has 0 saturated carbocycles. The number of aromatic nitrogens is 1. The normalized spacial score (nSPS) is 11.4. The van der Waals surface area contributed by atoms with Crippen molar-refractivity contribution < 1.29 is 22.7 Å². The lowest BCUT2D eigenvalue weighted by Gasteiger charge is -2.10. The molecule has 1 heterocycles. The first-order chi connectivity index (χ1) is 7.84. The molecule has 0 radical (unpaired) electrons. The van der Waals surface area contributed by atoms with Crippen molar-refractivity contribution in [3.63, 3.8) is 0 Å². The Hall–Kier alpha value is -0.860. The van der Waals surface area contributed by atoms with E-state index < -0.39 is 17.7 Å². The molecule has 0 aromatic carbocycles. The highest BCUT2D eigenvalue weighted by Gasteiger charge is 2.33. The Bertz CT molecular complexity index is 421. The summed E-state index contributed by atoms with van der Waals surface area (Å²) >= 11 is 1.55. The van der Waals surface area contributed by atoms with Crippen LogP contribution < -0.4 is 0 Å². The number of hydrogen-bond acceptors (Lipinski definition) is 3. The molecule has 0 saturated heterocycles. The van der Waals surface area contributed by atoms with Crippen molar-refractivity contribution in [3.05, 3.63) is 27.1 Å². The molecule has 1 aromatic heterocycles. The van der Waals surface area contributed by atoms with Gasteiger partial charge in [0.25, 0.3) is 0 Å². The fraction of sp³-hybridized carbons (Fsp3) is 0.400. The van der Waals surface area contributed by atoms with Crippen LogP contribution >= 0.6 is 22.6 Å². The van der Waals surface area contributed by atoms with Gasteiger partial charge in [0.05, 0.1) is 24.3 Å². The summed E-state index contributed by atoms with van der Waals surface area (Å²) in [6.45, 7) is 1.82. The van der Waals surface area contributed by atoms with Crippen molar-refractivity contribution in [1.82, 2.24) is 4.98 Å². The maximum absolute atomic E-state index is 12.6. The van der Waals surface area contributed by atoms with Crippen molar-refractivity contribution >= 4 is 28.6 Å². The number of pyridine rings is 1. The van der Waals surface area contributed by atoms with Gasteiger partial charge in [0, 0.05) is 9.77 Å². The number of hydrogen-bond donors (Lipinski definition) is 0. The highest BCUT2D eigenvalue weighted by molar-refractivity contribution is 14.1. The number of carbonyl (C=O) groups is 1. The average Bonchev–Trinajstić information content (AvgIpc) is 2.19. The van der Waals surface area contributed by atoms with Gasteiger partial charge < -0.3 is 4.74 Å². The largest absolute Gasteiger partial charge is 0.466 e.